The Balaban J connectivity index is 1.49. The summed E-state index contributed by atoms with van der Waals surface area (Å²) in [4.78, 5) is 25.4. The van der Waals surface area contributed by atoms with Gasteiger partial charge in [-0.25, -0.2) is 14.4 Å². The highest BCUT2D eigenvalue weighted by Gasteiger charge is 2.31. The average Bonchev–Trinajstić information content (AvgIpc) is 3.31. The largest absolute Gasteiger partial charge is 0.366 e. The van der Waals surface area contributed by atoms with E-state index >= 15 is 0 Å². The molecule has 0 saturated carbocycles. The van der Waals surface area contributed by atoms with Crippen LogP contribution in [0, 0.1) is 15.9 Å². The number of piperazine rings is 1. The highest BCUT2D eigenvalue weighted by Crippen LogP contribution is 2.34. The summed E-state index contributed by atoms with van der Waals surface area (Å²) in [7, 11) is 1.75. The van der Waals surface area contributed by atoms with Gasteiger partial charge < -0.3 is 24.2 Å². The molecule has 0 atom stereocenters. The summed E-state index contributed by atoms with van der Waals surface area (Å²) < 4.78 is 25.0. The molecule has 1 aromatic heterocycles. The monoisotopic (exact) mass is 432 g/mol. The van der Waals surface area contributed by atoms with Gasteiger partial charge in [0.1, 0.15) is 12.1 Å². The summed E-state index contributed by atoms with van der Waals surface area (Å²) >= 11 is 0. The van der Waals surface area contributed by atoms with Crippen molar-refractivity contribution in [1.29, 1.82) is 0 Å². The second-order valence-corrected chi connectivity index (χ2v) is 7.43. The third kappa shape index (κ3) is 4.67. The van der Waals surface area contributed by atoms with Gasteiger partial charge in [0.05, 0.1) is 23.8 Å². The zero-order valence-electron chi connectivity index (χ0n) is 17.3. The molecular formula is C20H25FN6O4. The standard InChI is InChI=1S/C20H25FN6O4/c1-24(7-6-17-30-12-13-31-17)19-18(27(28)29)20(23-14-22-19)26-10-8-25(9-11-26)16-5-3-2-4-15(16)21/h2-5,14,17H,6-13H2,1H3. The van der Waals surface area contributed by atoms with E-state index in [2.05, 4.69) is 9.97 Å². The van der Waals surface area contributed by atoms with E-state index in [0.717, 1.165) is 0 Å². The predicted molar refractivity (Wildman–Crippen MR) is 113 cm³/mol. The van der Waals surface area contributed by atoms with Gasteiger partial charge in [0.25, 0.3) is 0 Å². The van der Waals surface area contributed by atoms with E-state index < -0.39 is 4.92 Å². The Labute approximate surface area is 179 Å². The number of halogens is 1. The Hall–Kier alpha value is -3.05. The molecule has 0 radical (unpaired) electrons. The number of hydrogen-bond acceptors (Lipinski definition) is 9. The maximum Gasteiger partial charge on any atom is 0.353 e. The van der Waals surface area contributed by atoms with Gasteiger partial charge in [-0.2, -0.15) is 0 Å². The van der Waals surface area contributed by atoms with Crippen molar-refractivity contribution in [3.63, 3.8) is 0 Å². The van der Waals surface area contributed by atoms with Crippen molar-refractivity contribution in [3.8, 4) is 0 Å². The summed E-state index contributed by atoms with van der Waals surface area (Å²) in [6, 6.07) is 6.62. The van der Waals surface area contributed by atoms with Crippen LogP contribution >= 0.6 is 0 Å². The molecular weight excluding hydrogens is 407 g/mol. The van der Waals surface area contributed by atoms with Gasteiger partial charge >= 0.3 is 5.69 Å². The molecule has 2 aliphatic heterocycles. The molecule has 0 unspecified atom stereocenters. The van der Waals surface area contributed by atoms with Gasteiger partial charge in [-0.3, -0.25) is 10.1 Å². The molecule has 3 heterocycles. The Kier molecular flexibility index (Phi) is 6.42. The Bertz CT molecular complexity index is 918. The van der Waals surface area contributed by atoms with Crippen molar-refractivity contribution in [3.05, 3.63) is 46.5 Å². The third-order valence-electron chi connectivity index (χ3n) is 5.49. The number of nitro groups is 1. The van der Waals surface area contributed by atoms with Gasteiger partial charge in [0.15, 0.2) is 6.29 Å². The summed E-state index contributed by atoms with van der Waals surface area (Å²) in [5, 5.41) is 11.9. The van der Waals surface area contributed by atoms with Crippen LogP contribution in [-0.4, -0.2) is 74.2 Å². The predicted octanol–water partition coefficient (Wildman–Crippen LogP) is 2.05. The van der Waals surface area contributed by atoms with Gasteiger partial charge in [-0.15, -0.1) is 0 Å². The molecule has 2 aromatic rings. The van der Waals surface area contributed by atoms with Crippen molar-refractivity contribution < 1.29 is 18.8 Å². The number of hydrogen-bond donors (Lipinski definition) is 0. The molecule has 0 N–H and O–H groups in total. The minimum absolute atomic E-state index is 0.127. The van der Waals surface area contributed by atoms with E-state index in [0.29, 0.717) is 58.0 Å². The van der Waals surface area contributed by atoms with Crippen LogP contribution < -0.4 is 14.7 Å². The van der Waals surface area contributed by atoms with Crippen molar-refractivity contribution in [2.45, 2.75) is 12.7 Å². The van der Waals surface area contributed by atoms with Gasteiger partial charge in [-0.05, 0) is 12.1 Å². The Morgan fingerprint density at radius 2 is 1.84 bits per heavy atom. The second kappa shape index (κ2) is 9.40. The fourth-order valence-electron chi connectivity index (χ4n) is 3.88. The first kappa shape index (κ1) is 21.2. The molecule has 0 amide bonds. The molecule has 4 rings (SSSR count). The first-order chi connectivity index (χ1) is 15.0. The van der Waals surface area contributed by atoms with Crippen molar-refractivity contribution >= 4 is 23.0 Å². The van der Waals surface area contributed by atoms with Crippen molar-refractivity contribution in [1.82, 2.24) is 9.97 Å². The highest BCUT2D eigenvalue weighted by molar-refractivity contribution is 5.71. The molecule has 0 aliphatic carbocycles. The van der Waals surface area contributed by atoms with Crippen LogP contribution in [0.15, 0.2) is 30.6 Å². The number of aromatic nitrogens is 2. The molecule has 0 spiro atoms. The number of benzene rings is 1. The number of ether oxygens (including phenoxy) is 2. The number of anilines is 3. The van der Waals surface area contributed by atoms with E-state index in [9.17, 15) is 14.5 Å². The molecule has 31 heavy (non-hydrogen) atoms. The molecule has 1 aromatic carbocycles. The SMILES string of the molecule is CN(CCC1OCCO1)c1ncnc(N2CCN(c3ccccc3F)CC2)c1[N+](=O)[O-]. The van der Waals surface area contributed by atoms with Crippen molar-refractivity contribution in [2.24, 2.45) is 0 Å². The lowest BCUT2D eigenvalue weighted by molar-refractivity contribution is -0.383. The molecule has 10 nitrogen and oxygen atoms in total. The summed E-state index contributed by atoms with van der Waals surface area (Å²) in [6.07, 6.45) is 1.63. The van der Waals surface area contributed by atoms with Crippen LogP contribution in [0.5, 0.6) is 0 Å². The normalized spacial score (nSPS) is 17.2. The smallest absolute Gasteiger partial charge is 0.353 e. The third-order valence-corrected chi connectivity index (χ3v) is 5.49. The zero-order valence-corrected chi connectivity index (χ0v) is 17.3. The Morgan fingerprint density at radius 3 is 2.52 bits per heavy atom. The maximum atomic E-state index is 14.1. The first-order valence-corrected chi connectivity index (χ1v) is 10.2. The molecule has 0 bridgehead atoms. The average molecular weight is 432 g/mol. The van der Waals surface area contributed by atoms with Crippen LogP contribution in [0.3, 0.4) is 0 Å². The highest BCUT2D eigenvalue weighted by atomic mass is 19.1. The first-order valence-electron chi connectivity index (χ1n) is 10.2. The molecule has 2 fully saturated rings. The fraction of sp³-hybridized carbons (Fsp3) is 0.500. The van der Waals surface area contributed by atoms with Crippen LogP contribution in [0.25, 0.3) is 0 Å². The van der Waals surface area contributed by atoms with Crippen LogP contribution in [0.2, 0.25) is 0 Å². The molecule has 11 heteroatoms. The lowest BCUT2D eigenvalue weighted by atomic mass is 10.2. The minimum Gasteiger partial charge on any atom is -0.366 e. The summed E-state index contributed by atoms with van der Waals surface area (Å²) in [5.74, 6) is 0.260. The van der Waals surface area contributed by atoms with E-state index in [1.807, 2.05) is 9.80 Å². The number of para-hydroxylation sites is 1. The van der Waals surface area contributed by atoms with E-state index in [1.165, 1.54) is 12.4 Å². The van der Waals surface area contributed by atoms with Crippen LogP contribution in [0.4, 0.5) is 27.4 Å². The van der Waals surface area contributed by atoms with Crippen molar-refractivity contribution in [2.75, 3.05) is 67.7 Å². The topological polar surface area (TPSA) is 97.1 Å². The molecule has 2 aliphatic rings. The quantitative estimate of drug-likeness (QED) is 0.481. The summed E-state index contributed by atoms with van der Waals surface area (Å²) in [5.41, 5.74) is 0.411. The van der Waals surface area contributed by atoms with Gasteiger partial charge in [-0.1, -0.05) is 12.1 Å². The zero-order chi connectivity index (χ0) is 21.8. The second-order valence-electron chi connectivity index (χ2n) is 7.43. The van der Waals surface area contributed by atoms with E-state index in [4.69, 9.17) is 9.47 Å². The number of nitrogens with zero attached hydrogens (tertiary/aromatic N) is 6. The summed E-state index contributed by atoms with van der Waals surface area (Å²) in [6.45, 7) is 3.64. The lowest BCUT2D eigenvalue weighted by Crippen LogP contribution is -2.47. The number of rotatable bonds is 7. The fourth-order valence-corrected chi connectivity index (χ4v) is 3.88. The minimum atomic E-state index is -0.438. The molecule has 2 saturated heterocycles. The maximum absolute atomic E-state index is 14.1. The Morgan fingerprint density at radius 1 is 1.16 bits per heavy atom. The van der Waals surface area contributed by atoms with Gasteiger partial charge in [0.2, 0.25) is 11.6 Å². The van der Waals surface area contributed by atoms with E-state index in [1.54, 1.807) is 30.1 Å². The van der Waals surface area contributed by atoms with E-state index in [-0.39, 0.29) is 29.4 Å². The van der Waals surface area contributed by atoms with Crippen LogP contribution in [-0.2, 0) is 9.47 Å². The van der Waals surface area contributed by atoms with Gasteiger partial charge in [0, 0.05) is 46.2 Å². The molecule has 166 valence electrons. The lowest BCUT2D eigenvalue weighted by Gasteiger charge is -2.36. The van der Waals surface area contributed by atoms with Crippen LogP contribution in [0.1, 0.15) is 6.42 Å².